The molecule has 18 heavy (non-hydrogen) atoms. The van der Waals surface area contributed by atoms with Gasteiger partial charge in [-0.15, -0.1) is 0 Å². The molecule has 1 saturated heterocycles. The Morgan fingerprint density at radius 3 is 2.39 bits per heavy atom. The quantitative estimate of drug-likeness (QED) is 0.856. The Balaban J connectivity index is 2.07. The average molecular weight is 282 g/mol. The number of hydrogen-bond acceptors (Lipinski definition) is 4. The van der Waals surface area contributed by atoms with Crippen molar-refractivity contribution in [2.45, 2.75) is 24.6 Å². The molecule has 100 valence electrons. The average Bonchev–Trinajstić information content (AvgIpc) is 2.28. The highest BCUT2D eigenvalue weighted by molar-refractivity contribution is 6.29. The van der Waals surface area contributed by atoms with E-state index in [-0.39, 0.29) is 31.1 Å². The minimum absolute atomic E-state index is 0.0605. The van der Waals surface area contributed by atoms with Crippen LogP contribution in [0.3, 0.4) is 0 Å². The lowest BCUT2D eigenvalue weighted by Crippen LogP contribution is -2.53. The predicted octanol–water partition coefficient (Wildman–Crippen LogP) is 2.02. The number of anilines is 1. The van der Waals surface area contributed by atoms with Gasteiger partial charge >= 0.3 is 6.18 Å². The summed E-state index contributed by atoms with van der Waals surface area (Å²) in [6, 6.07) is 0. The molecule has 0 radical (unpaired) electrons. The zero-order valence-corrected chi connectivity index (χ0v) is 10.0. The van der Waals surface area contributed by atoms with E-state index in [2.05, 4.69) is 9.97 Å². The fraction of sp³-hybridized carbons (Fsp3) is 0.600. The molecular weight excluding hydrogens is 271 g/mol. The van der Waals surface area contributed by atoms with Gasteiger partial charge in [-0.3, -0.25) is 4.98 Å². The van der Waals surface area contributed by atoms with E-state index in [9.17, 15) is 18.3 Å². The Kier molecular flexibility index (Phi) is 3.37. The van der Waals surface area contributed by atoms with Gasteiger partial charge in [0.2, 0.25) is 0 Å². The minimum Gasteiger partial charge on any atom is -0.380 e. The zero-order valence-electron chi connectivity index (χ0n) is 9.28. The molecule has 8 heteroatoms. The highest BCUT2D eigenvalue weighted by Gasteiger charge is 2.54. The first-order chi connectivity index (χ1) is 8.32. The largest absolute Gasteiger partial charge is 0.417 e. The molecule has 4 nitrogen and oxygen atoms in total. The molecule has 0 bridgehead atoms. The van der Waals surface area contributed by atoms with Gasteiger partial charge in [0.15, 0.2) is 5.60 Å². The monoisotopic (exact) mass is 281 g/mol. The van der Waals surface area contributed by atoms with Crippen LogP contribution in [0.25, 0.3) is 0 Å². The third kappa shape index (κ3) is 2.51. The van der Waals surface area contributed by atoms with Crippen LogP contribution in [-0.2, 0) is 0 Å². The molecule has 1 fully saturated rings. The van der Waals surface area contributed by atoms with Gasteiger partial charge in [0.05, 0.1) is 12.4 Å². The highest BCUT2D eigenvalue weighted by atomic mass is 35.5. The summed E-state index contributed by atoms with van der Waals surface area (Å²) in [5, 5.41) is 9.70. The number of nitrogens with zero attached hydrogens (tertiary/aromatic N) is 3. The summed E-state index contributed by atoms with van der Waals surface area (Å²) in [4.78, 5) is 9.42. The van der Waals surface area contributed by atoms with Crippen molar-refractivity contribution in [3.05, 3.63) is 17.5 Å². The van der Waals surface area contributed by atoms with E-state index >= 15 is 0 Å². The Labute approximate surface area is 106 Å². The van der Waals surface area contributed by atoms with Crippen LogP contribution in [0, 0.1) is 0 Å². The Morgan fingerprint density at radius 2 is 1.89 bits per heavy atom. The molecule has 0 saturated carbocycles. The third-order valence-electron chi connectivity index (χ3n) is 3.03. The fourth-order valence-electron chi connectivity index (χ4n) is 1.87. The zero-order chi connectivity index (χ0) is 13.4. The van der Waals surface area contributed by atoms with Crippen molar-refractivity contribution >= 4 is 17.4 Å². The molecule has 0 atom stereocenters. The van der Waals surface area contributed by atoms with Crippen LogP contribution < -0.4 is 4.90 Å². The standard InChI is InChI=1S/C10H11ClF3N3O/c11-7-5-15-6-8(16-7)17-3-1-9(18,2-4-17)10(12,13)14/h5-6,18H,1-4H2. The number of hydrogen-bond donors (Lipinski definition) is 1. The van der Waals surface area contributed by atoms with Crippen LogP contribution >= 0.6 is 11.6 Å². The van der Waals surface area contributed by atoms with Gasteiger partial charge < -0.3 is 10.0 Å². The number of rotatable bonds is 1. The van der Waals surface area contributed by atoms with Crippen molar-refractivity contribution in [3.63, 3.8) is 0 Å². The van der Waals surface area contributed by atoms with Gasteiger partial charge in [-0.05, 0) is 0 Å². The summed E-state index contributed by atoms with van der Waals surface area (Å²) in [5.74, 6) is 0.423. The molecule has 0 unspecified atom stereocenters. The first-order valence-corrected chi connectivity index (χ1v) is 5.71. The van der Waals surface area contributed by atoms with Crippen LogP contribution in [0.5, 0.6) is 0 Å². The summed E-state index contributed by atoms with van der Waals surface area (Å²) in [5.41, 5.74) is -2.60. The van der Waals surface area contributed by atoms with Gasteiger partial charge in [-0.25, -0.2) is 4.98 Å². The SMILES string of the molecule is OC1(C(F)(F)F)CCN(c2cncc(Cl)n2)CC1. The van der Waals surface area contributed by atoms with Crippen molar-refractivity contribution in [2.75, 3.05) is 18.0 Å². The number of piperidine rings is 1. The van der Waals surface area contributed by atoms with Crippen molar-refractivity contribution in [3.8, 4) is 0 Å². The van der Waals surface area contributed by atoms with Crippen molar-refractivity contribution in [1.82, 2.24) is 9.97 Å². The Bertz CT molecular complexity index is 433. The van der Waals surface area contributed by atoms with Gasteiger partial charge in [0, 0.05) is 25.9 Å². The normalized spacial score (nSPS) is 19.9. The van der Waals surface area contributed by atoms with E-state index in [4.69, 9.17) is 11.6 Å². The van der Waals surface area contributed by atoms with Crippen molar-refractivity contribution in [1.29, 1.82) is 0 Å². The third-order valence-corrected chi connectivity index (χ3v) is 3.22. The second-order valence-electron chi connectivity index (χ2n) is 4.22. The smallest absolute Gasteiger partial charge is 0.380 e. The van der Waals surface area contributed by atoms with Crippen LogP contribution in [0.4, 0.5) is 19.0 Å². The van der Waals surface area contributed by atoms with E-state index in [1.54, 1.807) is 4.90 Å². The Hall–Kier alpha value is -1.08. The van der Waals surface area contributed by atoms with E-state index in [1.807, 2.05) is 0 Å². The lowest BCUT2D eigenvalue weighted by atomic mass is 9.91. The van der Waals surface area contributed by atoms with Crippen molar-refractivity contribution < 1.29 is 18.3 Å². The fourth-order valence-corrected chi connectivity index (χ4v) is 2.02. The maximum Gasteiger partial charge on any atom is 0.417 e. The molecule has 1 aliphatic heterocycles. The lowest BCUT2D eigenvalue weighted by molar-refractivity contribution is -0.266. The minimum atomic E-state index is -4.60. The van der Waals surface area contributed by atoms with Crippen LogP contribution in [0.1, 0.15) is 12.8 Å². The van der Waals surface area contributed by atoms with E-state index < -0.39 is 11.8 Å². The first-order valence-electron chi connectivity index (χ1n) is 5.33. The molecule has 1 aliphatic rings. The Morgan fingerprint density at radius 1 is 1.28 bits per heavy atom. The molecule has 1 aromatic rings. The molecule has 1 aromatic heterocycles. The first kappa shape index (κ1) is 13.4. The highest BCUT2D eigenvalue weighted by Crippen LogP contribution is 2.38. The van der Waals surface area contributed by atoms with Gasteiger partial charge in [0.25, 0.3) is 0 Å². The maximum absolute atomic E-state index is 12.6. The molecular formula is C10H11ClF3N3O. The number of halogens is 4. The molecule has 0 amide bonds. The lowest BCUT2D eigenvalue weighted by Gasteiger charge is -2.39. The van der Waals surface area contributed by atoms with Crippen molar-refractivity contribution in [2.24, 2.45) is 0 Å². The van der Waals surface area contributed by atoms with E-state index in [0.717, 1.165) is 0 Å². The second-order valence-corrected chi connectivity index (χ2v) is 4.60. The number of aromatic nitrogens is 2. The summed E-state index contributed by atoms with van der Waals surface area (Å²) in [6.45, 7) is 0.121. The second kappa shape index (κ2) is 4.55. The summed E-state index contributed by atoms with van der Waals surface area (Å²) in [6.07, 6.45) is -2.58. The number of alkyl halides is 3. The molecule has 2 heterocycles. The summed E-state index contributed by atoms with van der Waals surface area (Å²) >= 11 is 5.66. The van der Waals surface area contributed by atoms with Crippen LogP contribution in [0.15, 0.2) is 12.4 Å². The van der Waals surface area contributed by atoms with E-state index in [1.165, 1.54) is 12.4 Å². The van der Waals surface area contributed by atoms with Gasteiger partial charge in [0.1, 0.15) is 11.0 Å². The molecule has 0 aliphatic carbocycles. The molecule has 0 spiro atoms. The number of aliphatic hydroxyl groups is 1. The van der Waals surface area contributed by atoms with Gasteiger partial charge in [-0.2, -0.15) is 13.2 Å². The van der Waals surface area contributed by atoms with Gasteiger partial charge in [-0.1, -0.05) is 11.6 Å². The molecule has 0 aromatic carbocycles. The topological polar surface area (TPSA) is 49.2 Å². The van der Waals surface area contributed by atoms with Crippen LogP contribution in [0.2, 0.25) is 5.15 Å². The summed E-state index contributed by atoms with van der Waals surface area (Å²) in [7, 11) is 0. The molecule has 2 rings (SSSR count). The van der Waals surface area contributed by atoms with Crippen LogP contribution in [-0.4, -0.2) is 39.9 Å². The molecule has 1 N–H and O–H groups in total. The maximum atomic E-state index is 12.6. The predicted molar refractivity (Wildman–Crippen MR) is 59.5 cm³/mol. The summed E-state index contributed by atoms with van der Waals surface area (Å²) < 4.78 is 37.8. The van der Waals surface area contributed by atoms with E-state index in [0.29, 0.717) is 5.82 Å².